The van der Waals surface area contributed by atoms with Crippen molar-refractivity contribution in [3.8, 4) is 0 Å². The number of nitrogens with zero attached hydrogens (tertiary/aromatic N) is 1. The zero-order valence-corrected chi connectivity index (χ0v) is 13.1. The highest BCUT2D eigenvalue weighted by Crippen LogP contribution is 2.35. The van der Waals surface area contributed by atoms with E-state index in [1.165, 1.54) is 10.5 Å². The van der Waals surface area contributed by atoms with Gasteiger partial charge in [0.05, 0.1) is 6.04 Å². The van der Waals surface area contributed by atoms with Crippen molar-refractivity contribution in [3.05, 3.63) is 58.3 Å². The summed E-state index contributed by atoms with van der Waals surface area (Å²) in [5.41, 5.74) is 1.84. The van der Waals surface area contributed by atoms with Crippen molar-refractivity contribution in [2.24, 2.45) is 0 Å². The van der Waals surface area contributed by atoms with Gasteiger partial charge in [0, 0.05) is 22.4 Å². The van der Waals surface area contributed by atoms with Crippen LogP contribution in [0.25, 0.3) is 0 Å². The van der Waals surface area contributed by atoms with Gasteiger partial charge in [0.25, 0.3) is 5.91 Å². The van der Waals surface area contributed by atoms with Crippen LogP contribution in [0.1, 0.15) is 28.4 Å². The molecule has 3 nitrogen and oxygen atoms in total. The summed E-state index contributed by atoms with van der Waals surface area (Å²) in [4.78, 5) is 17.6. The summed E-state index contributed by atoms with van der Waals surface area (Å²) in [6.45, 7) is 0. The molecule has 0 radical (unpaired) electrons. The molecule has 1 unspecified atom stereocenters. The number of thioether (sulfide) groups is 1. The van der Waals surface area contributed by atoms with Crippen LogP contribution in [0.5, 0.6) is 0 Å². The summed E-state index contributed by atoms with van der Waals surface area (Å²) in [6, 6.07) is 11.8. The zero-order valence-electron chi connectivity index (χ0n) is 10.7. The number of aromatic nitrogens is 1. The Hall–Kier alpha value is -1.33. The monoisotopic (exact) mass is 348 g/mol. The first kappa shape index (κ1) is 13.6. The van der Waals surface area contributed by atoms with Crippen molar-refractivity contribution < 1.29 is 4.79 Å². The molecule has 1 atom stereocenters. The maximum atomic E-state index is 12.3. The molecule has 1 aliphatic rings. The molecule has 3 rings (SSSR count). The van der Waals surface area contributed by atoms with Crippen LogP contribution in [0.15, 0.2) is 52.1 Å². The molecule has 2 aromatic rings. The van der Waals surface area contributed by atoms with E-state index in [1.807, 2.05) is 23.9 Å². The van der Waals surface area contributed by atoms with Gasteiger partial charge in [-0.2, -0.15) is 0 Å². The average molecular weight is 349 g/mol. The molecule has 102 valence electrons. The lowest BCUT2D eigenvalue weighted by Crippen LogP contribution is -2.30. The predicted molar refractivity (Wildman–Crippen MR) is 83.9 cm³/mol. The highest BCUT2D eigenvalue weighted by molar-refractivity contribution is 9.10. The molecule has 1 aromatic heterocycles. The number of fused-ring (bicyclic) bond motifs is 1. The van der Waals surface area contributed by atoms with Gasteiger partial charge in [-0.05, 0) is 46.1 Å². The third-order valence-electron chi connectivity index (χ3n) is 3.25. The lowest BCUT2D eigenvalue weighted by Gasteiger charge is -2.25. The van der Waals surface area contributed by atoms with Crippen molar-refractivity contribution in [2.45, 2.75) is 17.4 Å². The Balaban J connectivity index is 1.81. The van der Waals surface area contributed by atoms with E-state index in [9.17, 15) is 4.79 Å². The molecule has 0 fully saturated rings. The van der Waals surface area contributed by atoms with Crippen LogP contribution in [0.2, 0.25) is 0 Å². The second-order valence-corrected chi connectivity index (χ2v) is 6.52. The molecule has 0 saturated heterocycles. The van der Waals surface area contributed by atoms with E-state index in [-0.39, 0.29) is 11.9 Å². The van der Waals surface area contributed by atoms with Crippen LogP contribution in [0.4, 0.5) is 0 Å². The lowest BCUT2D eigenvalue weighted by atomic mass is 10.0. The normalized spacial score (nSPS) is 17.4. The van der Waals surface area contributed by atoms with Crippen LogP contribution in [0.3, 0.4) is 0 Å². The number of carbonyl (C=O) groups is 1. The first-order valence-corrected chi connectivity index (χ1v) is 8.16. The molecule has 0 bridgehead atoms. The van der Waals surface area contributed by atoms with E-state index < -0.39 is 0 Å². The fourth-order valence-corrected chi connectivity index (χ4v) is 3.77. The lowest BCUT2D eigenvalue weighted by molar-refractivity contribution is 0.0935. The average Bonchev–Trinajstić information content (AvgIpc) is 2.47. The number of halogens is 1. The molecular formula is C15H13BrN2OS. The third kappa shape index (κ3) is 2.88. The Bertz CT molecular complexity index is 647. The van der Waals surface area contributed by atoms with Gasteiger partial charge in [-0.1, -0.05) is 18.2 Å². The van der Waals surface area contributed by atoms with Gasteiger partial charge in [-0.25, -0.2) is 4.98 Å². The van der Waals surface area contributed by atoms with Crippen LogP contribution in [-0.2, 0) is 0 Å². The molecular weight excluding hydrogens is 336 g/mol. The van der Waals surface area contributed by atoms with Gasteiger partial charge in [0.15, 0.2) is 0 Å². The summed E-state index contributed by atoms with van der Waals surface area (Å²) in [7, 11) is 0. The minimum absolute atomic E-state index is 0.0557. The molecule has 1 aliphatic heterocycles. The molecule has 1 aromatic carbocycles. The number of benzene rings is 1. The Kier molecular flexibility index (Phi) is 4.08. The Morgan fingerprint density at radius 1 is 1.35 bits per heavy atom. The fraction of sp³-hybridized carbons (Fsp3) is 0.200. The van der Waals surface area contributed by atoms with Crippen molar-refractivity contribution in [3.63, 3.8) is 0 Å². The Morgan fingerprint density at radius 2 is 2.20 bits per heavy atom. The number of rotatable bonds is 2. The minimum Gasteiger partial charge on any atom is -0.345 e. The molecule has 0 spiro atoms. The topological polar surface area (TPSA) is 42.0 Å². The number of hydrogen-bond donors (Lipinski definition) is 1. The SMILES string of the molecule is O=C(NC1CCSc2ccccc21)c1ccnc(Br)c1. The molecule has 5 heteroatoms. The third-order valence-corrected chi connectivity index (χ3v) is 4.81. The second kappa shape index (κ2) is 5.97. The number of amides is 1. The van der Waals surface area contributed by atoms with Gasteiger partial charge in [0.2, 0.25) is 0 Å². The number of nitrogens with one attached hydrogen (secondary N) is 1. The smallest absolute Gasteiger partial charge is 0.251 e. The van der Waals surface area contributed by atoms with E-state index >= 15 is 0 Å². The van der Waals surface area contributed by atoms with Gasteiger partial charge >= 0.3 is 0 Å². The highest BCUT2D eigenvalue weighted by Gasteiger charge is 2.22. The van der Waals surface area contributed by atoms with Crippen molar-refractivity contribution >= 4 is 33.6 Å². The number of carbonyl (C=O) groups excluding carboxylic acids is 1. The maximum absolute atomic E-state index is 12.3. The van der Waals surface area contributed by atoms with Gasteiger partial charge in [0.1, 0.15) is 4.60 Å². The standard InChI is InChI=1S/C15H13BrN2OS/c16-14-9-10(5-7-17-14)15(19)18-12-6-8-20-13-4-2-1-3-11(12)13/h1-5,7,9,12H,6,8H2,(H,18,19). The van der Waals surface area contributed by atoms with Crippen molar-refractivity contribution in [1.82, 2.24) is 10.3 Å². The molecule has 1 amide bonds. The van der Waals surface area contributed by atoms with Gasteiger partial charge < -0.3 is 5.32 Å². The highest BCUT2D eigenvalue weighted by atomic mass is 79.9. The molecule has 20 heavy (non-hydrogen) atoms. The summed E-state index contributed by atoms with van der Waals surface area (Å²) in [5, 5.41) is 3.12. The summed E-state index contributed by atoms with van der Waals surface area (Å²) < 4.78 is 0.671. The summed E-state index contributed by atoms with van der Waals surface area (Å²) >= 11 is 5.14. The second-order valence-electron chi connectivity index (χ2n) is 4.57. The van der Waals surface area contributed by atoms with Crippen LogP contribution in [-0.4, -0.2) is 16.6 Å². The van der Waals surface area contributed by atoms with Gasteiger partial charge in [-0.15, -0.1) is 11.8 Å². The van der Waals surface area contributed by atoms with Crippen molar-refractivity contribution in [2.75, 3.05) is 5.75 Å². The first-order chi connectivity index (χ1) is 9.74. The van der Waals surface area contributed by atoms with E-state index in [1.54, 1.807) is 18.3 Å². The Labute approximate surface area is 130 Å². The molecule has 2 heterocycles. The molecule has 0 aliphatic carbocycles. The first-order valence-electron chi connectivity index (χ1n) is 6.38. The predicted octanol–water partition coefficient (Wildman–Crippen LogP) is 3.81. The van der Waals surface area contributed by atoms with E-state index in [2.05, 4.69) is 38.4 Å². The quantitative estimate of drug-likeness (QED) is 0.839. The van der Waals surface area contributed by atoms with Gasteiger partial charge in [-0.3, -0.25) is 4.79 Å². The molecule has 0 saturated carbocycles. The molecule has 1 N–H and O–H groups in total. The van der Waals surface area contributed by atoms with E-state index in [4.69, 9.17) is 0 Å². The number of pyridine rings is 1. The fourth-order valence-electron chi connectivity index (χ4n) is 2.28. The summed E-state index contributed by atoms with van der Waals surface area (Å²) in [5.74, 6) is 0.974. The zero-order chi connectivity index (χ0) is 13.9. The number of hydrogen-bond acceptors (Lipinski definition) is 3. The van der Waals surface area contributed by atoms with E-state index in [0.29, 0.717) is 10.2 Å². The minimum atomic E-state index is -0.0557. The van der Waals surface area contributed by atoms with Crippen molar-refractivity contribution in [1.29, 1.82) is 0 Å². The largest absolute Gasteiger partial charge is 0.345 e. The Morgan fingerprint density at radius 3 is 3.05 bits per heavy atom. The summed E-state index contributed by atoms with van der Waals surface area (Å²) in [6.07, 6.45) is 2.59. The van der Waals surface area contributed by atoms with Crippen LogP contribution < -0.4 is 5.32 Å². The van der Waals surface area contributed by atoms with E-state index in [0.717, 1.165) is 12.2 Å². The maximum Gasteiger partial charge on any atom is 0.251 e. The van der Waals surface area contributed by atoms with Crippen LogP contribution in [0, 0.1) is 0 Å². The van der Waals surface area contributed by atoms with Crippen LogP contribution >= 0.6 is 27.7 Å².